The monoisotopic (exact) mass is 247 g/mol. The third kappa shape index (κ3) is 2.85. The SMILES string of the molecule is CCOc1cccc2c(CNCC(C)C)coc12. The first-order chi connectivity index (χ1) is 8.72. The molecule has 0 aliphatic carbocycles. The van der Waals surface area contributed by atoms with E-state index in [4.69, 9.17) is 9.15 Å². The van der Waals surface area contributed by atoms with E-state index in [0.717, 1.165) is 29.8 Å². The summed E-state index contributed by atoms with van der Waals surface area (Å²) in [4.78, 5) is 0. The zero-order chi connectivity index (χ0) is 13.0. The Hall–Kier alpha value is -1.48. The smallest absolute Gasteiger partial charge is 0.176 e. The molecule has 0 radical (unpaired) electrons. The summed E-state index contributed by atoms with van der Waals surface area (Å²) in [6, 6.07) is 6.03. The van der Waals surface area contributed by atoms with Gasteiger partial charge in [-0.2, -0.15) is 0 Å². The summed E-state index contributed by atoms with van der Waals surface area (Å²) >= 11 is 0. The van der Waals surface area contributed by atoms with Gasteiger partial charge in [0.05, 0.1) is 12.9 Å². The average Bonchev–Trinajstić information content (AvgIpc) is 2.74. The lowest BCUT2D eigenvalue weighted by atomic mass is 10.1. The van der Waals surface area contributed by atoms with Crippen molar-refractivity contribution in [1.82, 2.24) is 5.32 Å². The van der Waals surface area contributed by atoms with E-state index in [1.807, 2.05) is 25.3 Å². The predicted octanol–water partition coefficient (Wildman–Crippen LogP) is 3.58. The van der Waals surface area contributed by atoms with E-state index in [2.05, 4.69) is 25.2 Å². The molecule has 18 heavy (non-hydrogen) atoms. The molecule has 0 amide bonds. The number of para-hydroxylation sites is 1. The van der Waals surface area contributed by atoms with Crippen LogP contribution in [0.2, 0.25) is 0 Å². The van der Waals surface area contributed by atoms with Gasteiger partial charge in [-0.25, -0.2) is 0 Å². The molecule has 0 fully saturated rings. The van der Waals surface area contributed by atoms with Crippen LogP contribution in [0.15, 0.2) is 28.9 Å². The standard InChI is InChI=1S/C15H21NO2/c1-4-17-14-7-5-6-13-12(10-18-15(13)14)9-16-8-11(2)3/h5-7,10-11,16H,4,8-9H2,1-3H3. The quantitative estimate of drug-likeness (QED) is 0.847. The topological polar surface area (TPSA) is 34.4 Å². The van der Waals surface area contributed by atoms with Crippen molar-refractivity contribution < 1.29 is 9.15 Å². The van der Waals surface area contributed by atoms with Crippen LogP contribution < -0.4 is 10.1 Å². The van der Waals surface area contributed by atoms with Gasteiger partial charge < -0.3 is 14.5 Å². The second kappa shape index (κ2) is 5.91. The van der Waals surface area contributed by atoms with Gasteiger partial charge in [-0.05, 0) is 25.5 Å². The van der Waals surface area contributed by atoms with Crippen LogP contribution in [0.3, 0.4) is 0 Å². The molecular weight excluding hydrogens is 226 g/mol. The van der Waals surface area contributed by atoms with Crippen LogP contribution in [0, 0.1) is 5.92 Å². The molecule has 3 heteroatoms. The minimum Gasteiger partial charge on any atom is -0.490 e. The number of furan rings is 1. The predicted molar refractivity (Wildman–Crippen MR) is 73.9 cm³/mol. The first kappa shape index (κ1) is 13.0. The molecule has 3 nitrogen and oxygen atoms in total. The third-order valence-electron chi connectivity index (χ3n) is 2.81. The van der Waals surface area contributed by atoms with E-state index in [-0.39, 0.29) is 0 Å². The highest BCUT2D eigenvalue weighted by molar-refractivity contribution is 5.86. The van der Waals surface area contributed by atoms with Crippen LogP contribution >= 0.6 is 0 Å². The van der Waals surface area contributed by atoms with Crippen LogP contribution in [0.5, 0.6) is 5.75 Å². The van der Waals surface area contributed by atoms with Crippen molar-refractivity contribution in [2.45, 2.75) is 27.3 Å². The maximum Gasteiger partial charge on any atom is 0.176 e. The molecule has 0 saturated heterocycles. The highest BCUT2D eigenvalue weighted by Gasteiger charge is 2.10. The summed E-state index contributed by atoms with van der Waals surface area (Å²) < 4.78 is 11.2. The summed E-state index contributed by atoms with van der Waals surface area (Å²) in [5.41, 5.74) is 2.04. The molecule has 0 spiro atoms. The van der Waals surface area contributed by atoms with Gasteiger partial charge in [0.15, 0.2) is 11.3 Å². The summed E-state index contributed by atoms with van der Waals surface area (Å²) in [6.07, 6.45) is 1.82. The van der Waals surface area contributed by atoms with Crippen molar-refractivity contribution in [3.63, 3.8) is 0 Å². The lowest BCUT2D eigenvalue weighted by Crippen LogP contribution is -2.18. The first-order valence-electron chi connectivity index (χ1n) is 6.55. The Morgan fingerprint density at radius 3 is 2.89 bits per heavy atom. The van der Waals surface area contributed by atoms with Gasteiger partial charge in [0.25, 0.3) is 0 Å². The first-order valence-corrected chi connectivity index (χ1v) is 6.55. The maximum atomic E-state index is 5.63. The Morgan fingerprint density at radius 1 is 1.33 bits per heavy atom. The number of benzene rings is 1. The highest BCUT2D eigenvalue weighted by Crippen LogP contribution is 2.29. The van der Waals surface area contributed by atoms with Crippen LogP contribution in [0.4, 0.5) is 0 Å². The molecule has 0 atom stereocenters. The molecule has 0 bridgehead atoms. The van der Waals surface area contributed by atoms with E-state index in [1.54, 1.807) is 0 Å². The van der Waals surface area contributed by atoms with Gasteiger partial charge in [0.1, 0.15) is 0 Å². The number of hydrogen-bond acceptors (Lipinski definition) is 3. The van der Waals surface area contributed by atoms with E-state index in [0.29, 0.717) is 12.5 Å². The Kier molecular flexibility index (Phi) is 4.26. The van der Waals surface area contributed by atoms with Crippen LogP contribution in [0.25, 0.3) is 11.0 Å². The van der Waals surface area contributed by atoms with Gasteiger partial charge in [0, 0.05) is 17.5 Å². The maximum absolute atomic E-state index is 5.63. The lowest BCUT2D eigenvalue weighted by Gasteiger charge is -2.06. The summed E-state index contributed by atoms with van der Waals surface area (Å²) in [5.74, 6) is 1.48. The van der Waals surface area contributed by atoms with Crippen molar-refractivity contribution in [2.24, 2.45) is 5.92 Å². The van der Waals surface area contributed by atoms with E-state index in [9.17, 15) is 0 Å². The fourth-order valence-corrected chi connectivity index (χ4v) is 1.99. The van der Waals surface area contributed by atoms with Crippen molar-refractivity contribution >= 4 is 11.0 Å². The zero-order valence-corrected chi connectivity index (χ0v) is 11.3. The molecule has 1 aromatic heterocycles. The highest BCUT2D eigenvalue weighted by atomic mass is 16.5. The molecule has 0 aliphatic heterocycles. The summed E-state index contributed by atoms with van der Waals surface area (Å²) in [7, 11) is 0. The van der Waals surface area contributed by atoms with E-state index < -0.39 is 0 Å². The van der Waals surface area contributed by atoms with Crippen molar-refractivity contribution in [2.75, 3.05) is 13.2 Å². The molecule has 98 valence electrons. The van der Waals surface area contributed by atoms with Gasteiger partial charge >= 0.3 is 0 Å². The largest absolute Gasteiger partial charge is 0.490 e. The number of fused-ring (bicyclic) bond motifs is 1. The fourth-order valence-electron chi connectivity index (χ4n) is 1.99. The molecule has 1 aromatic carbocycles. The Balaban J connectivity index is 2.17. The third-order valence-corrected chi connectivity index (χ3v) is 2.81. The summed E-state index contributed by atoms with van der Waals surface area (Å²) in [6.45, 7) is 8.88. The number of nitrogens with one attached hydrogen (secondary N) is 1. The molecular formula is C15H21NO2. The Bertz CT molecular complexity index is 502. The van der Waals surface area contributed by atoms with Crippen LogP contribution in [-0.2, 0) is 6.54 Å². The minimum atomic E-state index is 0.654. The summed E-state index contributed by atoms with van der Waals surface area (Å²) in [5, 5.41) is 4.57. The molecule has 1 heterocycles. The van der Waals surface area contributed by atoms with Crippen molar-refractivity contribution in [1.29, 1.82) is 0 Å². The van der Waals surface area contributed by atoms with Crippen LogP contribution in [0.1, 0.15) is 26.3 Å². The number of hydrogen-bond donors (Lipinski definition) is 1. The Labute approximate surface area is 108 Å². The minimum absolute atomic E-state index is 0.654. The van der Waals surface area contributed by atoms with E-state index in [1.165, 1.54) is 5.56 Å². The van der Waals surface area contributed by atoms with Crippen LogP contribution in [-0.4, -0.2) is 13.2 Å². The fraction of sp³-hybridized carbons (Fsp3) is 0.467. The molecule has 1 N–H and O–H groups in total. The molecule has 2 rings (SSSR count). The Morgan fingerprint density at radius 2 is 2.17 bits per heavy atom. The second-order valence-corrected chi connectivity index (χ2v) is 4.85. The molecule has 0 aliphatic rings. The van der Waals surface area contributed by atoms with E-state index >= 15 is 0 Å². The lowest BCUT2D eigenvalue weighted by molar-refractivity contribution is 0.338. The molecule has 0 saturated carbocycles. The van der Waals surface area contributed by atoms with Crippen molar-refractivity contribution in [3.8, 4) is 5.75 Å². The zero-order valence-electron chi connectivity index (χ0n) is 11.3. The number of ether oxygens (including phenoxy) is 1. The van der Waals surface area contributed by atoms with Gasteiger partial charge in [-0.3, -0.25) is 0 Å². The average molecular weight is 247 g/mol. The molecule has 0 unspecified atom stereocenters. The van der Waals surface area contributed by atoms with Crippen molar-refractivity contribution in [3.05, 3.63) is 30.0 Å². The van der Waals surface area contributed by atoms with Gasteiger partial charge in [0.2, 0.25) is 0 Å². The second-order valence-electron chi connectivity index (χ2n) is 4.85. The van der Waals surface area contributed by atoms with Gasteiger partial charge in [-0.1, -0.05) is 26.0 Å². The number of rotatable bonds is 6. The van der Waals surface area contributed by atoms with Gasteiger partial charge in [-0.15, -0.1) is 0 Å². The molecule has 2 aromatic rings. The normalized spacial score (nSPS) is 11.3.